The maximum atomic E-state index is 13.2. The molecule has 3 atom stereocenters. The van der Waals surface area contributed by atoms with Gasteiger partial charge in [0.15, 0.2) is 0 Å². The van der Waals surface area contributed by atoms with E-state index in [1.807, 2.05) is 50.4 Å². The Morgan fingerprint density at radius 3 is 2.20 bits per heavy atom. The molecule has 0 spiro atoms. The summed E-state index contributed by atoms with van der Waals surface area (Å²) >= 11 is 1.50. The predicted octanol–water partition coefficient (Wildman–Crippen LogP) is 3.39. The summed E-state index contributed by atoms with van der Waals surface area (Å²) in [5.41, 5.74) is 8.60. The summed E-state index contributed by atoms with van der Waals surface area (Å²) in [6, 6.07) is 11.3. The van der Waals surface area contributed by atoms with Gasteiger partial charge in [0.1, 0.15) is 17.8 Å². The van der Waals surface area contributed by atoms with Gasteiger partial charge in [0.25, 0.3) is 0 Å². The summed E-state index contributed by atoms with van der Waals surface area (Å²) in [5.74, 6) is -1.31. The Hall–Kier alpha value is -4.34. The normalized spacial score (nSPS) is 12.3. The number of ether oxygens (including phenoxy) is 3. The van der Waals surface area contributed by atoms with Crippen LogP contribution >= 0.6 is 24.2 Å². The van der Waals surface area contributed by atoms with E-state index < -0.39 is 48.5 Å². The van der Waals surface area contributed by atoms with Crippen LogP contribution in [0, 0.1) is 12.8 Å². The van der Waals surface area contributed by atoms with Crippen molar-refractivity contribution in [3.63, 3.8) is 0 Å². The number of nitrogens with one attached hydrogen (secondary N) is 4. The van der Waals surface area contributed by atoms with Crippen LogP contribution < -0.4 is 31.7 Å². The molecule has 54 heavy (non-hydrogen) atoms. The fourth-order valence-electron chi connectivity index (χ4n) is 5.04. The number of methoxy groups -OCH3 is 1. The Morgan fingerprint density at radius 1 is 0.852 bits per heavy atom. The van der Waals surface area contributed by atoms with Crippen LogP contribution in [0.2, 0.25) is 0 Å². The molecule has 0 aliphatic heterocycles. The first-order valence-electron chi connectivity index (χ1n) is 17.8. The smallest absolute Gasteiger partial charge is 0.469 e. The van der Waals surface area contributed by atoms with Crippen LogP contribution in [0.1, 0.15) is 62.6 Å². The summed E-state index contributed by atoms with van der Waals surface area (Å²) in [6.45, 7) is 5.82. The van der Waals surface area contributed by atoms with Gasteiger partial charge in [0.05, 0.1) is 26.3 Å². The second-order valence-corrected chi connectivity index (χ2v) is 14.0. The zero-order chi connectivity index (χ0) is 39.2. The molecule has 0 saturated carbocycles. The third-order valence-corrected chi connectivity index (χ3v) is 8.66. The molecule has 14 nitrogen and oxygen atoms in total. The second-order valence-electron chi connectivity index (χ2n) is 13.0. The van der Waals surface area contributed by atoms with Crippen LogP contribution in [0.3, 0.4) is 0 Å². The number of esters is 1. The van der Waals surface area contributed by atoms with Crippen molar-refractivity contribution in [3.05, 3.63) is 65.2 Å². The summed E-state index contributed by atoms with van der Waals surface area (Å²) < 4.78 is 14.9. The molecule has 300 valence electrons. The van der Waals surface area contributed by atoms with Crippen LogP contribution in [-0.2, 0) is 46.3 Å². The highest BCUT2D eigenvalue weighted by Crippen LogP contribution is 2.19. The monoisotopic (exact) mass is 793 g/mol. The molecule has 4 amide bonds. The first-order valence-corrected chi connectivity index (χ1v) is 19.2. The minimum absolute atomic E-state index is 0. The molecule has 1 unspecified atom stereocenters. The third kappa shape index (κ3) is 19.1. The van der Waals surface area contributed by atoms with Gasteiger partial charge in [-0.25, -0.2) is 4.79 Å². The van der Waals surface area contributed by atoms with Crippen molar-refractivity contribution in [1.82, 2.24) is 21.3 Å². The number of nitrogens with two attached hydrogens (primary N) is 1. The molecule has 16 heteroatoms. The Morgan fingerprint density at radius 2 is 1.56 bits per heavy atom. The van der Waals surface area contributed by atoms with Crippen molar-refractivity contribution in [1.29, 1.82) is 0 Å². The lowest BCUT2D eigenvalue weighted by molar-refractivity contribution is -0.140. The zero-order valence-corrected chi connectivity index (χ0v) is 33.4. The quantitative estimate of drug-likeness (QED) is 0.0627. The number of amides is 4. The lowest BCUT2D eigenvalue weighted by atomic mass is 10.0. The van der Waals surface area contributed by atoms with Gasteiger partial charge in [0.2, 0.25) is 23.6 Å². The van der Waals surface area contributed by atoms with Gasteiger partial charge in [-0.3, -0.25) is 24.0 Å². The van der Waals surface area contributed by atoms with Crippen molar-refractivity contribution in [2.24, 2.45) is 11.7 Å². The molecular weight excluding hydrogens is 738 g/mol. The Bertz CT molecular complexity index is 1500. The average Bonchev–Trinajstić information content (AvgIpc) is 3.13. The van der Waals surface area contributed by atoms with Crippen LogP contribution in [0.15, 0.2) is 48.5 Å². The van der Waals surface area contributed by atoms with Gasteiger partial charge in [-0.15, -0.1) is 12.4 Å². The topological polar surface area (TPSA) is 204 Å². The fraction of sp³-hybridized carbons (Fsp3) is 0.526. The first-order chi connectivity index (χ1) is 25.3. The van der Waals surface area contributed by atoms with Crippen molar-refractivity contribution in [2.45, 2.75) is 83.8 Å². The molecule has 0 radical (unpaired) electrons. The van der Waals surface area contributed by atoms with E-state index in [2.05, 4.69) is 26.0 Å². The minimum Gasteiger partial charge on any atom is -0.469 e. The molecule has 2 aromatic rings. The van der Waals surface area contributed by atoms with E-state index in [-0.39, 0.29) is 49.6 Å². The fourth-order valence-corrected chi connectivity index (χ4v) is 5.51. The van der Waals surface area contributed by atoms with Crippen LogP contribution in [0.25, 0.3) is 0 Å². The highest BCUT2D eigenvalue weighted by molar-refractivity contribution is 7.98. The molecule has 0 fully saturated rings. The van der Waals surface area contributed by atoms with Gasteiger partial charge < -0.3 is 41.2 Å². The average molecular weight is 794 g/mol. The number of aryl methyl sites for hydroxylation is 1. The van der Waals surface area contributed by atoms with Crippen LogP contribution in [-0.4, -0.2) is 92.7 Å². The van der Waals surface area contributed by atoms with Crippen molar-refractivity contribution >= 4 is 59.9 Å². The predicted molar refractivity (Wildman–Crippen MR) is 210 cm³/mol. The second kappa shape index (κ2) is 26.4. The summed E-state index contributed by atoms with van der Waals surface area (Å²) in [7, 11) is 1.34. The van der Waals surface area contributed by atoms with E-state index in [1.54, 1.807) is 25.1 Å². The van der Waals surface area contributed by atoms with Crippen molar-refractivity contribution < 1.29 is 43.0 Å². The van der Waals surface area contributed by atoms with Gasteiger partial charge in [0, 0.05) is 19.4 Å². The van der Waals surface area contributed by atoms with Gasteiger partial charge in [-0.1, -0.05) is 56.7 Å². The number of carbonyl (C=O) groups excluding carboxylic acids is 6. The number of rotatable bonds is 23. The standard InChI is InChI=1S/C38H55N5O9S.ClH/c1-25(2)24-51-38(49)52-29-16-15-28(26(3)20-29)22-30(39)35(46)43-31(17-19-53-5)36(47)41-23-33(44)42-32(21-27-12-8-6-9-13-27)37(48)40-18-11-7-10-14-34(45)50-4;/h6,8-9,12-13,15-16,20,25,30-32H,7,10-11,14,17-19,21-24,39H2,1-5H3,(H,40,48)(H,41,47)(H,42,44)(H,43,46);1H/t30?,31-,32+;/m1./s1. The number of thioether (sulfide) groups is 1. The zero-order valence-electron chi connectivity index (χ0n) is 31.8. The summed E-state index contributed by atoms with van der Waals surface area (Å²) in [6.07, 6.45) is 4.07. The number of benzene rings is 2. The Labute approximate surface area is 328 Å². The van der Waals surface area contributed by atoms with Gasteiger partial charge in [-0.2, -0.15) is 11.8 Å². The Balaban J connectivity index is 0.0000146. The van der Waals surface area contributed by atoms with Crippen LogP contribution in [0.4, 0.5) is 4.79 Å². The molecule has 2 rings (SSSR count). The molecule has 0 bridgehead atoms. The molecule has 2 aromatic carbocycles. The molecule has 0 aromatic heterocycles. The molecule has 0 aliphatic carbocycles. The number of carbonyl (C=O) groups is 6. The van der Waals surface area contributed by atoms with Gasteiger partial charge >= 0.3 is 12.1 Å². The minimum atomic E-state index is -0.991. The Kier molecular flexibility index (Phi) is 23.3. The van der Waals surface area contributed by atoms with E-state index in [4.69, 9.17) is 15.2 Å². The highest BCUT2D eigenvalue weighted by Gasteiger charge is 2.26. The van der Waals surface area contributed by atoms with Crippen LogP contribution in [0.5, 0.6) is 5.75 Å². The third-order valence-electron chi connectivity index (χ3n) is 8.01. The number of halogens is 1. The molecular formula is C38H56ClN5O9S. The lowest BCUT2D eigenvalue weighted by Crippen LogP contribution is -2.54. The lowest BCUT2D eigenvalue weighted by Gasteiger charge is -2.22. The molecule has 0 aliphatic rings. The largest absolute Gasteiger partial charge is 0.513 e. The number of hydrogen-bond acceptors (Lipinski definition) is 11. The van der Waals surface area contributed by atoms with E-state index in [0.29, 0.717) is 43.7 Å². The number of hydrogen-bond donors (Lipinski definition) is 5. The van der Waals surface area contributed by atoms with E-state index in [9.17, 15) is 28.8 Å². The van der Waals surface area contributed by atoms with E-state index in [0.717, 1.165) is 23.1 Å². The maximum Gasteiger partial charge on any atom is 0.513 e. The van der Waals surface area contributed by atoms with Crippen molar-refractivity contribution in [2.75, 3.05) is 38.8 Å². The van der Waals surface area contributed by atoms with E-state index in [1.165, 1.54) is 18.9 Å². The molecule has 0 saturated heterocycles. The molecule has 0 heterocycles. The van der Waals surface area contributed by atoms with Crippen molar-refractivity contribution in [3.8, 4) is 5.75 Å². The summed E-state index contributed by atoms with van der Waals surface area (Å²) in [4.78, 5) is 75.7. The highest BCUT2D eigenvalue weighted by atomic mass is 35.5. The maximum absolute atomic E-state index is 13.2. The summed E-state index contributed by atoms with van der Waals surface area (Å²) in [5, 5.41) is 10.9. The molecule has 6 N–H and O–H groups in total. The van der Waals surface area contributed by atoms with E-state index >= 15 is 0 Å². The van der Waals surface area contributed by atoms with Gasteiger partial charge in [-0.05, 0) is 79.4 Å². The first kappa shape index (κ1) is 47.7. The number of unbranched alkanes of at least 4 members (excludes halogenated alkanes) is 2. The SMILES string of the molecule is COC(=O)CCCCCNC(=O)[C@H](Cc1ccccc1)NC(=O)CNC(=O)[C@@H](CCSC)NC(=O)C(N)Cc1ccc(OC(=O)OCC(C)C)cc1C.Cl.